The molecule has 1 aromatic carbocycles. The van der Waals surface area contributed by atoms with Gasteiger partial charge in [0, 0.05) is 25.9 Å². The summed E-state index contributed by atoms with van der Waals surface area (Å²) in [5.41, 5.74) is 0.254. The third-order valence-electron chi connectivity index (χ3n) is 5.52. The van der Waals surface area contributed by atoms with E-state index in [0.717, 1.165) is 5.56 Å². The summed E-state index contributed by atoms with van der Waals surface area (Å²) in [5.74, 6) is -0.624. The number of nitriles is 1. The van der Waals surface area contributed by atoms with Crippen molar-refractivity contribution in [1.29, 1.82) is 5.26 Å². The van der Waals surface area contributed by atoms with Crippen molar-refractivity contribution in [2.75, 3.05) is 19.0 Å². The monoisotopic (exact) mass is 477 g/mol. The maximum absolute atomic E-state index is 14.6. The largest absolute Gasteiger partial charge is 0.506 e. The lowest BCUT2D eigenvalue weighted by Gasteiger charge is -2.23. The molecular formula is C25H21ClFN5O2. The SMILES string of the molecule is CC(C)c1ccnc(N(C)C)c1-n1c(=O)c(C#N)c(O)c2cc(Cl)c(-c3ccccc3F)nc21. The second kappa shape index (κ2) is 8.76. The number of benzene rings is 1. The summed E-state index contributed by atoms with van der Waals surface area (Å²) in [6.07, 6.45) is 1.64. The van der Waals surface area contributed by atoms with E-state index >= 15 is 0 Å². The van der Waals surface area contributed by atoms with Crippen molar-refractivity contribution in [2.24, 2.45) is 0 Å². The molecule has 0 spiro atoms. The summed E-state index contributed by atoms with van der Waals surface area (Å²) in [6.45, 7) is 3.93. The molecule has 0 saturated heterocycles. The number of halogens is 2. The summed E-state index contributed by atoms with van der Waals surface area (Å²) >= 11 is 6.45. The lowest BCUT2D eigenvalue weighted by Crippen LogP contribution is -2.26. The predicted octanol–water partition coefficient (Wildman–Crippen LogP) is 5.01. The van der Waals surface area contributed by atoms with Crippen LogP contribution >= 0.6 is 11.6 Å². The van der Waals surface area contributed by atoms with Crippen LogP contribution in [0, 0.1) is 17.1 Å². The average Bonchev–Trinajstić information content (AvgIpc) is 2.80. The Bertz CT molecular complexity index is 1510. The third-order valence-corrected chi connectivity index (χ3v) is 5.81. The number of aromatic nitrogens is 3. The fraction of sp³-hybridized carbons (Fsp3) is 0.200. The number of nitrogens with zero attached hydrogens (tertiary/aromatic N) is 5. The molecule has 4 aromatic rings. The van der Waals surface area contributed by atoms with E-state index in [4.69, 9.17) is 11.6 Å². The van der Waals surface area contributed by atoms with Crippen LogP contribution in [0.5, 0.6) is 5.75 Å². The quantitative estimate of drug-likeness (QED) is 0.444. The molecule has 0 aliphatic rings. The van der Waals surface area contributed by atoms with Crippen LogP contribution in [0.3, 0.4) is 0 Å². The van der Waals surface area contributed by atoms with Gasteiger partial charge in [0.25, 0.3) is 5.56 Å². The third kappa shape index (κ3) is 3.64. The second-order valence-electron chi connectivity index (χ2n) is 8.27. The van der Waals surface area contributed by atoms with E-state index in [1.54, 1.807) is 49.5 Å². The smallest absolute Gasteiger partial charge is 0.278 e. The van der Waals surface area contributed by atoms with Crippen LogP contribution in [0.1, 0.15) is 30.9 Å². The summed E-state index contributed by atoms with van der Waals surface area (Å²) < 4.78 is 15.9. The molecule has 9 heteroatoms. The van der Waals surface area contributed by atoms with Crippen molar-refractivity contribution < 1.29 is 9.50 Å². The second-order valence-corrected chi connectivity index (χ2v) is 8.67. The highest BCUT2D eigenvalue weighted by Crippen LogP contribution is 2.37. The van der Waals surface area contributed by atoms with Crippen molar-refractivity contribution in [3.63, 3.8) is 0 Å². The van der Waals surface area contributed by atoms with Gasteiger partial charge in [-0.1, -0.05) is 37.6 Å². The van der Waals surface area contributed by atoms with E-state index in [2.05, 4.69) is 9.97 Å². The van der Waals surface area contributed by atoms with Gasteiger partial charge in [-0.25, -0.2) is 14.4 Å². The lowest BCUT2D eigenvalue weighted by atomic mass is 10.0. The van der Waals surface area contributed by atoms with Gasteiger partial charge in [0.2, 0.25) is 0 Å². The maximum Gasteiger partial charge on any atom is 0.278 e. The molecule has 1 N–H and O–H groups in total. The molecule has 0 radical (unpaired) electrons. The lowest BCUT2D eigenvalue weighted by molar-refractivity contribution is 0.478. The Hall–Kier alpha value is -3.96. The van der Waals surface area contributed by atoms with E-state index in [9.17, 15) is 19.6 Å². The fourth-order valence-corrected chi connectivity index (χ4v) is 4.15. The minimum absolute atomic E-state index is 0.0173. The highest BCUT2D eigenvalue weighted by Gasteiger charge is 2.26. The Kier molecular flexibility index (Phi) is 5.98. The van der Waals surface area contributed by atoms with Crippen LogP contribution < -0.4 is 10.5 Å². The number of rotatable bonds is 4. The molecule has 3 heterocycles. The Balaban J connectivity index is 2.26. The maximum atomic E-state index is 14.6. The summed E-state index contributed by atoms with van der Waals surface area (Å²) in [6, 6.07) is 11.0. The van der Waals surface area contributed by atoms with Gasteiger partial charge in [-0.3, -0.25) is 9.36 Å². The first kappa shape index (κ1) is 23.2. The summed E-state index contributed by atoms with van der Waals surface area (Å²) in [4.78, 5) is 24.3. The van der Waals surface area contributed by atoms with Crippen LogP contribution in [0.4, 0.5) is 10.2 Å². The van der Waals surface area contributed by atoms with E-state index < -0.39 is 22.7 Å². The highest BCUT2D eigenvalue weighted by molar-refractivity contribution is 6.33. The van der Waals surface area contributed by atoms with Gasteiger partial charge in [-0.15, -0.1) is 0 Å². The molecule has 34 heavy (non-hydrogen) atoms. The number of aromatic hydroxyl groups is 1. The molecule has 0 bridgehead atoms. The van der Waals surface area contributed by atoms with Crippen LogP contribution in [-0.4, -0.2) is 33.7 Å². The van der Waals surface area contributed by atoms with Gasteiger partial charge in [0.05, 0.1) is 21.8 Å². The molecule has 0 fully saturated rings. The molecule has 4 rings (SSSR count). The predicted molar refractivity (Wildman–Crippen MR) is 130 cm³/mol. The van der Waals surface area contributed by atoms with E-state index in [-0.39, 0.29) is 33.2 Å². The van der Waals surface area contributed by atoms with Crippen LogP contribution in [0.25, 0.3) is 28.0 Å². The van der Waals surface area contributed by atoms with Crippen LogP contribution in [-0.2, 0) is 0 Å². The Labute approximate surface area is 200 Å². The highest BCUT2D eigenvalue weighted by atomic mass is 35.5. The fourth-order valence-electron chi connectivity index (χ4n) is 3.90. The van der Waals surface area contributed by atoms with Crippen molar-refractivity contribution in [3.8, 4) is 28.8 Å². The molecular weight excluding hydrogens is 457 g/mol. The first-order valence-corrected chi connectivity index (χ1v) is 10.8. The first-order chi connectivity index (χ1) is 16.2. The zero-order valence-electron chi connectivity index (χ0n) is 19.0. The molecule has 0 aliphatic carbocycles. The summed E-state index contributed by atoms with van der Waals surface area (Å²) in [7, 11) is 3.56. The Morgan fingerprint density at radius 1 is 1.24 bits per heavy atom. The number of anilines is 1. The van der Waals surface area contributed by atoms with Crippen molar-refractivity contribution in [3.05, 3.63) is 74.9 Å². The Morgan fingerprint density at radius 2 is 1.94 bits per heavy atom. The molecule has 3 aromatic heterocycles. The standard InChI is InChI=1S/C25H21ClFN5O2/c1-13(2)14-9-10-29-24(31(3)4)21(14)32-23-16(22(33)17(12-28)25(32)34)11-18(26)20(30-23)15-7-5-6-8-19(15)27/h5-11,13,33H,1-4H3. The van der Waals surface area contributed by atoms with Crippen molar-refractivity contribution >= 4 is 28.5 Å². The number of pyridine rings is 3. The first-order valence-electron chi connectivity index (χ1n) is 10.5. The number of hydrogen-bond donors (Lipinski definition) is 1. The number of hydrogen-bond acceptors (Lipinski definition) is 6. The minimum Gasteiger partial charge on any atom is -0.506 e. The van der Waals surface area contributed by atoms with Gasteiger partial charge in [0.15, 0.2) is 17.0 Å². The van der Waals surface area contributed by atoms with Crippen LogP contribution in [0.15, 0.2) is 47.4 Å². The molecule has 0 saturated carbocycles. The van der Waals surface area contributed by atoms with Gasteiger partial charge in [-0.05, 0) is 35.7 Å². The van der Waals surface area contributed by atoms with E-state index in [0.29, 0.717) is 11.5 Å². The molecule has 0 unspecified atom stereocenters. The molecule has 0 amide bonds. The summed E-state index contributed by atoms with van der Waals surface area (Å²) in [5, 5.41) is 20.6. The zero-order chi connectivity index (χ0) is 24.7. The van der Waals surface area contributed by atoms with Gasteiger partial charge < -0.3 is 10.0 Å². The van der Waals surface area contributed by atoms with Gasteiger partial charge in [0.1, 0.15) is 17.6 Å². The molecule has 172 valence electrons. The van der Waals surface area contributed by atoms with Gasteiger partial charge >= 0.3 is 0 Å². The average molecular weight is 478 g/mol. The van der Waals surface area contributed by atoms with E-state index in [1.807, 2.05) is 13.8 Å². The zero-order valence-corrected chi connectivity index (χ0v) is 19.7. The Morgan fingerprint density at radius 3 is 2.56 bits per heavy atom. The van der Waals surface area contributed by atoms with Crippen LogP contribution in [0.2, 0.25) is 5.02 Å². The van der Waals surface area contributed by atoms with Crippen molar-refractivity contribution in [2.45, 2.75) is 19.8 Å². The minimum atomic E-state index is -0.764. The van der Waals surface area contributed by atoms with Gasteiger partial charge in [-0.2, -0.15) is 5.26 Å². The topological polar surface area (TPSA) is 95.0 Å². The van der Waals surface area contributed by atoms with E-state index in [1.165, 1.54) is 22.8 Å². The molecule has 0 atom stereocenters. The van der Waals surface area contributed by atoms with Crippen molar-refractivity contribution in [1.82, 2.24) is 14.5 Å². The molecule has 0 aliphatic heterocycles. The number of fused-ring (bicyclic) bond motifs is 1. The normalized spacial score (nSPS) is 11.1. The molecule has 7 nitrogen and oxygen atoms in total.